The van der Waals surface area contributed by atoms with Crippen LogP contribution >= 0.6 is 0 Å². The van der Waals surface area contributed by atoms with Crippen molar-refractivity contribution in [1.29, 1.82) is 0 Å². The van der Waals surface area contributed by atoms with Crippen LogP contribution in [0.1, 0.15) is 59.3 Å². The summed E-state index contributed by atoms with van der Waals surface area (Å²) in [6, 6.07) is 19.8. The molecule has 4 aromatic carbocycles. The number of aromatic hydroxyl groups is 2. The molecule has 0 fully saturated rings. The van der Waals surface area contributed by atoms with Gasteiger partial charge in [0.25, 0.3) is 0 Å². The van der Waals surface area contributed by atoms with E-state index in [0.717, 1.165) is 39.8 Å². The Morgan fingerprint density at radius 2 is 1.68 bits per heavy atom. The van der Waals surface area contributed by atoms with Gasteiger partial charge in [0, 0.05) is 74.0 Å². The zero-order chi connectivity index (χ0) is 37.5. The average Bonchev–Trinajstić information content (AvgIpc) is 3.15. The standard InChI is InChI=1S/C42H51NO10/c1-43-23-28-20-38-33(22-37(28)50-4)42(51-15-7-13-44)39(36(53-38)10-6-14-48-2)35-24-52-41-27(19-31(49-3)21-34(41)40(35)47)16-26-18-30(46)11-12-32(26)25-8-5-9-29(45)17-25/h5,8-9,11-12,17-22,35-36,39-40,42-47H,6-7,10,13-16,23-24H2,1-4H3/t35-,36-,39-,40-,42+/m1/s1. The Hall–Kier alpha value is -4.52. The molecule has 5 atom stereocenters. The molecule has 5 N–H and O–H groups in total. The highest BCUT2D eigenvalue weighted by molar-refractivity contribution is 5.70. The SMILES string of the molecule is CNCc1cc2c(cc1OC)[C@H](OCCCO)[C@H]([C@H]1COc3c(Cc4cc(O)ccc4-c4cccc(O)c4)cc(OC)cc3[C@H]1O)[C@@H](CCCOC)O2. The summed E-state index contributed by atoms with van der Waals surface area (Å²) < 4.78 is 37.1. The average molecular weight is 730 g/mol. The molecule has 0 aromatic heterocycles. The van der Waals surface area contributed by atoms with Crippen molar-refractivity contribution in [2.24, 2.45) is 11.8 Å². The van der Waals surface area contributed by atoms with Gasteiger partial charge < -0.3 is 54.2 Å². The second-order valence-corrected chi connectivity index (χ2v) is 13.7. The van der Waals surface area contributed by atoms with Gasteiger partial charge in [0.2, 0.25) is 0 Å². The van der Waals surface area contributed by atoms with E-state index in [4.69, 9.17) is 28.4 Å². The van der Waals surface area contributed by atoms with Gasteiger partial charge in [-0.05, 0) is 91.5 Å². The third-order valence-corrected chi connectivity index (χ3v) is 10.3. The van der Waals surface area contributed by atoms with Gasteiger partial charge in [0.15, 0.2) is 0 Å². The van der Waals surface area contributed by atoms with Crippen molar-refractivity contribution in [1.82, 2.24) is 5.32 Å². The maximum Gasteiger partial charge on any atom is 0.128 e. The van der Waals surface area contributed by atoms with E-state index in [2.05, 4.69) is 5.32 Å². The minimum Gasteiger partial charge on any atom is -0.508 e. The van der Waals surface area contributed by atoms with E-state index in [1.54, 1.807) is 51.7 Å². The summed E-state index contributed by atoms with van der Waals surface area (Å²) in [5, 5.41) is 46.0. The zero-order valence-corrected chi connectivity index (χ0v) is 30.8. The van der Waals surface area contributed by atoms with Crippen LogP contribution in [0, 0.1) is 11.8 Å². The molecule has 53 heavy (non-hydrogen) atoms. The number of nitrogens with one attached hydrogen (secondary N) is 1. The summed E-state index contributed by atoms with van der Waals surface area (Å²) in [5.74, 6) is 1.97. The van der Waals surface area contributed by atoms with Gasteiger partial charge in [0.05, 0.1) is 33.0 Å². The van der Waals surface area contributed by atoms with E-state index >= 15 is 0 Å². The van der Waals surface area contributed by atoms with Crippen LogP contribution in [0.3, 0.4) is 0 Å². The van der Waals surface area contributed by atoms with Crippen LogP contribution in [0.5, 0.6) is 34.5 Å². The molecular weight excluding hydrogens is 678 g/mol. The number of aliphatic hydroxyl groups excluding tert-OH is 2. The quantitative estimate of drug-likeness (QED) is 0.0856. The van der Waals surface area contributed by atoms with Crippen LogP contribution in [-0.4, -0.2) is 81.3 Å². The predicted molar refractivity (Wildman–Crippen MR) is 200 cm³/mol. The summed E-state index contributed by atoms with van der Waals surface area (Å²) in [4.78, 5) is 0. The first-order valence-electron chi connectivity index (χ1n) is 18.2. The Bertz CT molecular complexity index is 1850. The lowest BCUT2D eigenvalue weighted by atomic mass is 9.72. The van der Waals surface area contributed by atoms with E-state index < -0.39 is 18.1 Å². The Morgan fingerprint density at radius 1 is 0.849 bits per heavy atom. The van der Waals surface area contributed by atoms with Crippen LogP contribution in [0.4, 0.5) is 0 Å². The Morgan fingerprint density at radius 3 is 2.42 bits per heavy atom. The summed E-state index contributed by atoms with van der Waals surface area (Å²) in [6.07, 6.45) is 0.380. The number of hydrogen-bond donors (Lipinski definition) is 5. The Labute approximate surface area is 311 Å². The van der Waals surface area contributed by atoms with Gasteiger partial charge in [-0.15, -0.1) is 0 Å². The second kappa shape index (κ2) is 17.5. The van der Waals surface area contributed by atoms with E-state index in [0.29, 0.717) is 67.6 Å². The molecule has 11 heteroatoms. The molecule has 284 valence electrons. The van der Waals surface area contributed by atoms with Gasteiger partial charge in [-0.2, -0.15) is 0 Å². The second-order valence-electron chi connectivity index (χ2n) is 13.7. The number of hydrogen-bond acceptors (Lipinski definition) is 11. The number of phenolic OH excluding ortho intramolecular Hbond substituents is 2. The third-order valence-electron chi connectivity index (χ3n) is 10.3. The fraction of sp³-hybridized carbons (Fsp3) is 0.429. The van der Waals surface area contributed by atoms with Crippen molar-refractivity contribution >= 4 is 0 Å². The molecule has 0 unspecified atom stereocenters. The van der Waals surface area contributed by atoms with Crippen molar-refractivity contribution in [3.63, 3.8) is 0 Å². The summed E-state index contributed by atoms with van der Waals surface area (Å²) >= 11 is 0. The molecule has 0 radical (unpaired) electrons. The van der Waals surface area contributed by atoms with Crippen molar-refractivity contribution < 1.29 is 48.8 Å². The number of methoxy groups -OCH3 is 3. The van der Waals surface area contributed by atoms with E-state index in [9.17, 15) is 20.4 Å². The monoisotopic (exact) mass is 729 g/mol. The first-order valence-corrected chi connectivity index (χ1v) is 18.2. The fourth-order valence-electron chi connectivity index (χ4n) is 7.80. The summed E-state index contributed by atoms with van der Waals surface area (Å²) in [6.45, 7) is 1.62. The van der Waals surface area contributed by atoms with Gasteiger partial charge >= 0.3 is 0 Å². The third kappa shape index (κ3) is 8.35. The fourth-order valence-corrected chi connectivity index (χ4v) is 7.80. The number of phenols is 2. The van der Waals surface area contributed by atoms with Crippen LogP contribution in [-0.2, 0) is 22.4 Å². The maximum absolute atomic E-state index is 12.4. The van der Waals surface area contributed by atoms with Crippen LogP contribution in [0.25, 0.3) is 11.1 Å². The molecule has 0 saturated carbocycles. The lowest BCUT2D eigenvalue weighted by molar-refractivity contribution is -0.114. The first kappa shape index (κ1) is 38.2. The van der Waals surface area contributed by atoms with Gasteiger partial charge in [0.1, 0.15) is 40.6 Å². The predicted octanol–water partition coefficient (Wildman–Crippen LogP) is 6.08. The minimum absolute atomic E-state index is 0.0140. The van der Waals surface area contributed by atoms with Gasteiger partial charge in [-0.3, -0.25) is 0 Å². The smallest absolute Gasteiger partial charge is 0.128 e. The molecule has 0 saturated heterocycles. The molecule has 6 rings (SSSR count). The highest BCUT2D eigenvalue weighted by Gasteiger charge is 2.48. The van der Waals surface area contributed by atoms with E-state index in [1.165, 1.54) is 0 Å². The number of ether oxygens (including phenoxy) is 6. The number of rotatable bonds is 16. The van der Waals surface area contributed by atoms with Gasteiger partial charge in [-0.25, -0.2) is 0 Å². The molecule has 0 amide bonds. The van der Waals surface area contributed by atoms with Crippen molar-refractivity contribution in [2.45, 2.75) is 50.5 Å². The van der Waals surface area contributed by atoms with Crippen molar-refractivity contribution in [3.8, 4) is 45.6 Å². The number of fused-ring (bicyclic) bond motifs is 2. The summed E-state index contributed by atoms with van der Waals surface area (Å²) in [5.41, 5.74) is 5.60. The van der Waals surface area contributed by atoms with E-state index in [-0.39, 0.29) is 36.7 Å². The van der Waals surface area contributed by atoms with Crippen LogP contribution < -0.4 is 24.3 Å². The summed E-state index contributed by atoms with van der Waals surface area (Å²) in [7, 11) is 6.78. The largest absolute Gasteiger partial charge is 0.508 e. The number of aliphatic hydroxyl groups is 2. The molecule has 2 heterocycles. The maximum atomic E-state index is 12.4. The Kier molecular flexibility index (Phi) is 12.6. The molecule has 2 aliphatic rings. The molecule has 0 aliphatic carbocycles. The number of benzene rings is 4. The lowest BCUT2D eigenvalue weighted by Crippen LogP contribution is -2.46. The topological polar surface area (TPSA) is 148 Å². The first-order chi connectivity index (χ1) is 25.8. The minimum atomic E-state index is -0.975. The molecule has 0 spiro atoms. The van der Waals surface area contributed by atoms with Gasteiger partial charge in [-0.1, -0.05) is 18.2 Å². The molecule has 11 nitrogen and oxygen atoms in total. The Balaban J connectivity index is 1.41. The molecular formula is C42H51NO10. The zero-order valence-electron chi connectivity index (χ0n) is 30.8. The lowest BCUT2D eigenvalue weighted by Gasteiger charge is -2.46. The molecule has 0 bridgehead atoms. The molecule has 4 aromatic rings. The van der Waals surface area contributed by atoms with Crippen LogP contribution in [0.2, 0.25) is 0 Å². The van der Waals surface area contributed by atoms with Crippen molar-refractivity contribution in [3.05, 3.63) is 94.5 Å². The normalized spacial score (nSPS) is 20.5. The van der Waals surface area contributed by atoms with E-state index in [1.807, 2.05) is 43.4 Å². The van der Waals surface area contributed by atoms with Crippen molar-refractivity contribution in [2.75, 3.05) is 54.8 Å². The highest BCUT2D eigenvalue weighted by atomic mass is 16.5. The molecule has 2 aliphatic heterocycles. The highest BCUT2D eigenvalue weighted by Crippen LogP contribution is 2.53. The van der Waals surface area contributed by atoms with Crippen LogP contribution in [0.15, 0.2) is 66.7 Å².